The van der Waals surface area contributed by atoms with Crippen LogP contribution in [0.15, 0.2) is 0 Å². The largest absolute Gasteiger partial charge is 0.479 e. The molecule has 0 aromatic rings. The first-order valence-corrected chi connectivity index (χ1v) is 5.43. The Bertz CT molecular complexity index is 287. The number of hydrogen-bond donors (Lipinski definition) is 1. The summed E-state index contributed by atoms with van der Waals surface area (Å²) in [5.41, 5.74) is 0. The summed E-state index contributed by atoms with van der Waals surface area (Å²) in [4.78, 5) is 24.3. The molecule has 0 saturated carbocycles. The SMILES string of the molecule is O=C(O)[C@@H]1CC[C@@H](C(=O)N2CCOCC2)O1. The van der Waals surface area contributed by atoms with Crippen LogP contribution in [0.25, 0.3) is 0 Å². The summed E-state index contributed by atoms with van der Waals surface area (Å²) in [6.45, 7) is 2.22. The molecule has 2 atom stereocenters. The van der Waals surface area contributed by atoms with Gasteiger partial charge in [-0.05, 0) is 12.8 Å². The molecule has 16 heavy (non-hydrogen) atoms. The number of carboxylic acid groups (broad SMARTS) is 1. The lowest BCUT2D eigenvalue weighted by Gasteiger charge is -2.28. The third kappa shape index (κ3) is 2.33. The summed E-state index contributed by atoms with van der Waals surface area (Å²) in [5.74, 6) is -1.09. The number of rotatable bonds is 2. The summed E-state index contributed by atoms with van der Waals surface area (Å²) in [5, 5.41) is 8.75. The van der Waals surface area contributed by atoms with Crippen LogP contribution in [0.2, 0.25) is 0 Å². The van der Waals surface area contributed by atoms with E-state index in [1.165, 1.54) is 0 Å². The molecule has 2 heterocycles. The average Bonchev–Trinajstić information content (AvgIpc) is 2.78. The molecule has 0 bridgehead atoms. The molecule has 90 valence electrons. The van der Waals surface area contributed by atoms with Gasteiger partial charge in [-0.15, -0.1) is 0 Å². The second-order valence-electron chi connectivity index (χ2n) is 3.97. The van der Waals surface area contributed by atoms with Crippen molar-refractivity contribution in [2.24, 2.45) is 0 Å². The minimum absolute atomic E-state index is 0.105. The van der Waals surface area contributed by atoms with E-state index in [0.29, 0.717) is 39.1 Å². The lowest BCUT2D eigenvalue weighted by Crippen LogP contribution is -2.45. The van der Waals surface area contributed by atoms with Crippen LogP contribution in [0, 0.1) is 0 Å². The number of amides is 1. The summed E-state index contributed by atoms with van der Waals surface area (Å²) in [6, 6.07) is 0. The molecule has 1 amide bonds. The maximum atomic E-state index is 11.9. The molecule has 6 heteroatoms. The molecule has 2 rings (SSSR count). The maximum absolute atomic E-state index is 11.9. The standard InChI is InChI=1S/C10H15NO5/c12-9(11-3-5-15-6-4-11)7-1-2-8(16-7)10(13)14/h7-8H,1-6H2,(H,13,14)/t7-,8-/m0/s1. The van der Waals surface area contributed by atoms with Gasteiger partial charge in [-0.25, -0.2) is 4.79 Å². The highest BCUT2D eigenvalue weighted by atomic mass is 16.5. The molecule has 2 saturated heterocycles. The summed E-state index contributed by atoms with van der Waals surface area (Å²) in [6.07, 6.45) is -0.502. The first-order chi connectivity index (χ1) is 7.68. The zero-order valence-corrected chi connectivity index (χ0v) is 8.92. The van der Waals surface area contributed by atoms with Crippen LogP contribution in [-0.4, -0.2) is 60.4 Å². The van der Waals surface area contributed by atoms with Crippen molar-refractivity contribution in [2.75, 3.05) is 26.3 Å². The van der Waals surface area contributed by atoms with E-state index in [-0.39, 0.29) is 5.91 Å². The number of aliphatic carboxylic acids is 1. The van der Waals surface area contributed by atoms with Crippen LogP contribution in [0.4, 0.5) is 0 Å². The van der Waals surface area contributed by atoms with E-state index in [9.17, 15) is 9.59 Å². The van der Waals surface area contributed by atoms with Gasteiger partial charge in [0.1, 0.15) is 6.10 Å². The zero-order chi connectivity index (χ0) is 11.5. The van der Waals surface area contributed by atoms with Crippen LogP contribution in [0.5, 0.6) is 0 Å². The van der Waals surface area contributed by atoms with Crippen molar-refractivity contribution in [2.45, 2.75) is 25.0 Å². The molecule has 2 fully saturated rings. The highest BCUT2D eigenvalue weighted by Gasteiger charge is 2.36. The van der Waals surface area contributed by atoms with Gasteiger partial charge in [0, 0.05) is 13.1 Å². The number of ether oxygens (including phenoxy) is 2. The molecule has 0 unspecified atom stereocenters. The predicted molar refractivity (Wildman–Crippen MR) is 52.9 cm³/mol. The second kappa shape index (κ2) is 4.80. The fourth-order valence-corrected chi connectivity index (χ4v) is 1.99. The van der Waals surface area contributed by atoms with Crippen molar-refractivity contribution in [3.8, 4) is 0 Å². The molecule has 0 aliphatic carbocycles. The van der Waals surface area contributed by atoms with Crippen molar-refractivity contribution in [1.29, 1.82) is 0 Å². The maximum Gasteiger partial charge on any atom is 0.332 e. The van der Waals surface area contributed by atoms with Gasteiger partial charge >= 0.3 is 5.97 Å². The molecule has 0 spiro atoms. The summed E-state index contributed by atoms with van der Waals surface area (Å²) >= 11 is 0. The Morgan fingerprint density at radius 2 is 1.75 bits per heavy atom. The number of carbonyl (C=O) groups excluding carboxylic acids is 1. The molecule has 2 aliphatic rings. The fraction of sp³-hybridized carbons (Fsp3) is 0.800. The topological polar surface area (TPSA) is 76.1 Å². The molecule has 1 N–H and O–H groups in total. The summed E-state index contributed by atoms with van der Waals surface area (Å²) < 4.78 is 10.3. The molecule has 0 radical (unpaired) electrons. The second-order valence-corrected chi connectivity index (χ2v) is 3.97. The van der Waals surface area contributed by atoms with Crippen LogP contribution in [-0.2, 0) is 19.1 Å². The van der Waals surface area contributed by atoms with Gasteiger partial charge in [0.2, 0.25) is 0 Å². The predicted octanol–water partition coefficient (Wildman–Crippen LogP) is -0.523. The van der Waals surface area contributed by atoms with E-state index < -0.39 is 18.2 Å². The highest BCUT2D eigenvalue weighted by molar-refractivity contribution is 5.82. The van der Waals surface area contributed by atoms with Crippen molar-refractivity contribution >= 4 is 11.9 Å². The number of morpholine rings is 1. The first kappa shape index (κ1) is 11.3. The van der Waals surface area contributed by atoms with Crippen molar-refractivity contribution < 1.29 is 24.2 Å². The number of nitrogens with zero attached hydrogens (tertiary/aromatic N) is 1. The van der Waals surface area contributed by atoms with E-state index in [1.54, 1.807) is 4.90 Å². The van der Waals surface area contributed by atoms with E-state index in [4.69, 9.17) is 14.6 Å². The Morgan fingerprint density at radius 3 is 2.31 bits per heavy atom. The Morgan fingerprint density at radius 1 is 1.12 bits per heavy atom. The van der Waals surface area contributed by atoms with Crippen LogP contribution in [0.1, 0.15) is 12.8 Å². The number of carbonyl (C=O) groups is 2. The van der Waals surface area contributed by atoms with Gasteiger partial charge in [0.15, 0.2) is 6.10 Å². The lowest BCUT2D eigenvalue weighted by atomic mass is 10.2. The number of carboxylic acids is 1. The van der Waals surface area contributed by atoms with Crippen molar-refractivity contribution in [3.05, 3.63) is 0 Å². The molecule has 6 nitrogen and oxygen atoms in total. The highest BCUT2D eigenvalue weighted by Crippen LogP contribution is 2.21. The Kier molecular flexibility index (Phi) is 3.40. The lowest BCUT2D eigenvalue weighted by molar-refractivity contribution is -0.156. The van der Waals surface area contributed by atoms with Gasteiger partial charge in [-0.1, -0.05) is 0 Å². The Hall–Kier alpha value is -1.14. The van der Waals surface area contributed by atoms with Gasteiger partial charge in [-0.3, -0.25) is 4.79 Å². The normalized spacial score (nSPS) is 30.4. The van der Waals surface area contributed by atoms with Crippen LogP contribution < -0.4 is 0 Å². The monoisotopic (exact) mass is 229 g/mol. The molecule has 2 aliphatic heterocycles. The Labute approximate surface area is 93.1 Å². The smallest absolute Gasteiger partial charge is 0.332 e. The van der Waals surface area contributed by atoms with E-state index >= 15 is 0 Å². The number of hydrogen-bond acceptors (Lipinski definition) is 4. The molecule has 0 aromatic carbocycles. The fourth-order valence-electron chi connectivity index (χ4n) is 1.99. The van der Waals surface area contributed by atoms with Crippen LogP contribution in [0.3, 0.4) is 0 Å². The minimum Gasteiger partial charge on any atom is -0.479 e. The van der Waals surface area contributed by atoms with Gasteiger partial charge in [0.05, 0.1) is 13.2 Å². The zero-order valence-electron chi connectivity index (χ0n) is 8.92. The van der Waals surface area contributed by atoms with Crippen LogP contribution >= 0.6 is 0 Å². The minimum atomic E-state index is -0.989. The third-order valence-corrected chi connectivity index (χ3v) is 2.89. The Balaban J connectivity index is 1.88. The van der Waals surface area contributed by atoms with Gasteiger partial charge < -0.3 is 19.5 Å². The first-order valence-electron chi connectivity index (χ1n) is 5.43. The average molecular weight is 229 g/mol. The van der Waals surface area contributed by atoms with Gasteiger partial charge in [-0.2, -0.15) is 0 Å². The van der Waals surface area contributed by atoms with E-state index in [0.717, 1.165) is 0 Å². The van der Waals surface area contributed by atoms with E-state index in [1.807, 2.05) is 0 Å². The molecular weight excluding hydrogens is 214 g/mol. The molecular formula is C10H15NO5. The summed E-state index contributed by atoms with van der Waals surface area (Å²) in [7, 11) is 0. The quantitative estimate of drug-likeness (QED) is 0.689. The third-order valence-electron chi connectivity index (χ3n) is 2.89. The van der Waals surface area contributed by atoms with Crippen molar-refractivity contribution in [1.82, 2.24) is 4.90 Å². The van der Waals surface area contributed by atoms with E-state index in [2.05, 4.69) is 0 Å². The van der Waals surface area contributed by atoms with Crippen molar-refractivity contribution in [3.63, 3.8) is 0 Å². The van der Waals surface area contributed by atoms with Gasteiger partial charge in [0.25, 0.3) is 5.91 Å². The molecule has 0 aromatic heterocycles.